The van der Waals surface area contributed by atoms with Gasteiger partial charge in [-0.15, -0.1) is 11.8 Å². The summed E-state index contributed by atoms with van der Waals surface area (Å²) in [4.78, 5) is 1.48. The molecule has 4 rings (SSSR count). The van der Waals surface area contributed by atoms with Crippen LogP contribution in [0.2, 0.25) is 0 Å². The summed E-state index contributed by atoms with van der Waals surface area (Å²) in [6.45, 7) is 0.793. The normalized spacial score (nSPS) is 39.7. The lowest BCUT2D eigenvalue weighted by atomic mass is 9.70. The third kappa shape index (κ3) is 1.94. The van der Waals surface area contributed by atoms with E-state index >= 15 is 0 Å². The monoisotopic (exact) mass is 275 g/mol. The Bertz CT molecular complexity index is 466. The highest BCUT2D eigenvalue weighted by molar-refractivity contribution is 8.00. The van der Waals surface area contributed by atoms with Crippen LogP contribution in [0.25, 0.3) is 0 Å². The molecule has 2 nitrogen and oxygen atoms in total. The Morgan fingerprint density at radius 3 is 2.89 bits per heavy atom. The highest BCUT2D eigenvalue weighted by Crippen LogP contribution is 2.52. The van der Waals surface area contributed by atoms with Crippen molar-refractivity contribution in [2.24, 2.45) is 11.1 Å². The molecule has 3 heterocycles. The Balaban J connectivity index is 1.51. The van der Waals surface area contributed by atoms with E-state index in [9.17, 15) is 0 Å². The fourth-order valence-electron chi connectivity index (χ4n) is 4.23. The topological polar surface area (TPSA) is 35.2 Å². The lowest BCUT2D eigenvalue weighted by molar-refractivity contribution is 0.0598. The van der Waals surface area contributed by atoms with Gasteiger partial charge in [-0.3, -0.25) is 0 Å². The number of rotatable bonds is 3. The molecular weight excluding hydrogens is 254 g/mol. The minimum absolute atomic E-state index is 0.266. The smallest absolute Gasteiger partial charge is 0.0649 e. The van der Waals surface area contributed by atoms with Crippen molar-refractivity contribution in [3.8, 4) is 0 Å². The lowest BCUT2D eigenvalue weighted by Crippen LogP contribution is -2.41. The number of nitrogens with two attached hydrogens (primary N) is 1. The average Bonchev–Trinajstić information content (AvgIpc) is 3.11. The van der Waals surface area contributed by atoms with Crippen molar-refractivity contribution in [1.82, 2.24) is 0 Å². The lowest BCUT2D eigenvalue weighted by Gasteiger charge is -2.36. The Labute approximate surface area is 119 Å². The summed E-state index contributed by atoms with van der Waals surface area (Å²) in [5.74, 6) is 0. The zero-order valence-corrected chi connectivity index (χ0v) is 12.0. The van der Waals surface area contributed by atoms with Gasteiger partial charge < -0.3 is 10.5 Å². The maximum absolute atomic E-state index is 6.15. The standard InChI is InChI=1S/C16H21NOS/c17-10-16(8-12-5-6-15(16)18-12)9-13-7-11-3-1-2-4-14(11)19-13/h1-4,12-13,15H,5-10,17H2. The fraction of sp³-hybridized carbons (Fsp3) is 0.625. The predicted molar refractivity (Wildman–Crippen MR) is 78.4 cm³/mol. The summed E-state index contributed by atoms with van der Waals surface area (Å²) < 4.78 is 6.08. The predicted octanol–water partition coefficient (Wildman–Crippen LogP) is 2.99. The Morgan fingerprint density at radius 2 is 2.21 bits per heavy atom. The molecule has 19 heavy (non-hydrogen) atoms. The van der Waals surface area contributed by atoms with E-state index in [2.05, 4.69) is 36.0 Å². The van der Waals surface area contributed by atoms with E-state index in [1.54, 1.807) is 0 Å². The van der Waals surface area contributed by atoms with Gasteiger partial charge in [-0.2, -0.15) is 0 Å². The molecule has 2 fully saturated rings. The summed E-state index contributed by atoms with van der Waals surface area (Å²) in [7, 11) is 0. The number of hydrogen-bond acceptors (Lipinski definition) is 3. The molecular formula is C16H21NOS. The van der Waals surface area contributed by atoms with Crippen LogP contribution >= 0.6 is 11.8 Å². The van der Waals surface area contributed by atoms with Gasteiger partial charge >= 0.3 is 0 Å². The van der Waals surface area contributed by atoms with Crippen molar-refractivity contribution in [3.63, 3.8) is 0 Å². The first-order chi connectivity index (χ1) is 9.29. The largest absolute Gasteiger partial charge is 0.374 e. The Kier molecular flexibility index (Phi) is 2.90. The second-order valence-electron chi connectivity index (χ2n) is 6.35. The van der Waals surface area contributed by atoms with Gasteiger partial charge in [0.15, 0.2) is 0 Å². The minimum atomic E-state index is 0.266. The summed E-state index contributed by atoms with van der Waals surface area (Å²) in [5.41, 5.74) is 7.94. The third-order valence-electron chi connectivity index (χ3n) is 5.18. The minimum Gasteiger partial charge on any atom is -0.374 e. The van der Waals surface area contributed by atoms with Crippen molar-refractivity contribution >= 4 is 11.8 Å². The van der Waals surface area contributed by atoms with Crippen LogP contribution in [-0.2, 0) is 11.2 Å². The Morgan fingerprint density at radius 1 is 1.32 bits per heavy atom. The SMILES string of the molecule is NCC1(CC2Cc3ccccc3S2)CC2CCC1O2. The van der Waals surface area contributed by atoms with E-state index < -0.39 is 0 Å². The molecule has 0 amide bonds. The highest BCUT2D eigenvalue weighted by Gasteiger charge is 2.52. The van der Waals surface area contributed by atoms with Gasteiger partial charge in [0.05, 0.1) is 12.2 Å². The third-order valence-corrected chi connectivity index (χ3v) is 6.50. The number of hydrogen-bond donors (Lipinski definition) is 1. The van der Waals surface area contributed by atoms with Crippen LogP contribution in [0, 0.1) is 5.41 Å². The molecule has 0 saturated carbocycles. The number of fused-ring (bicyclic) bond motifs is 3. The van der Waals surface area contributed by atoms with E-state index in [0.29, 0.717) is 17.5 Å². The summed E-state index contributed by atoms with van der Waals surface area (Å²) in [5, 5.41) is 0.698. The molecule has 102 valence electrons. The van der Waals surface area contributed by atoms with E-state index in [1.807, 2.05) is 0 Å². The van der Waals surface area contributed by atoms with E-state index in [-0.39, 0.29) is 5.41 Å². The van der Waals surface area contributed by atoms with Crippen LogP contribution in [0.4, 0.5) is 0 Å². The second-order valence-corrected chi connectivity index (χ2v) is 7.69. The molecule has 2 bridgehead atoms. The summed E-state index contributed by atoms with van der Waals surface area (Å²) in [6.07, 6.45) is 7.05. The first kappa shape index (κ1) is 12.2. The van der Waals surface area contributed by atoms with Gasteiger partial charge in [0.2, 0.25) is 0 Å². The number of benzene rings is 1. The summed E-state index contributed by atoms with van der Waals surface area (Å²) >= 11 is 2.05. The zero-order valence-electron chi connectivity index (χ0n) is 11.2. The van der Waals surface area contributed by atoms with Crippen LogP contribution in [-0.4, -0.2) is 24.0 Å². The van der Waals surface area contributed by atoms with Crippen molar-refractivity contribution in [1.29, 1.82) is 0 Å². The van der Waals surface area contributed by atoms with Crippen molar-refractivity contribution in [3.05, 3.63) is 29.8 Å². The van der Waals surface area contributed by atoms with Gasteiger partial charge in [-0.05, 0) is 43.7 Å². The molecule has 0 aliphatic carbocycles. The van der Waals surface area contributed by atoms with Crippen LogP contribution < -0.4 is 5.73 Å². The fourth-order valence-corrected chi connectivity index (χ4v) is 5.72. The van der Waals surface area contributed by atoms with Gasteiger partial charge in [-0.1, -0.05) is 18.2 Å². The molecule has 4 atom stereocenters. The van der Waals surface area contributed by atoms with Gasteiger partial charge in [0.25, 0.3) is 0 Å². The maximum atomic E-state index is 6.15. The van der Waals surface area contributed by atoms with Crippen LogP contribution in [0.3, 0.4) is 0 Å². The molecule has 2 saturated heterocycles. The molecule has 2 N–H and O–H groups in total. The maximum Gasteiger partial charge on any atom is 0.0649 e. The number of thioether (sulfide) groups is 1. The molecule has 1 aromatic rings. The quantitative estimate of drug-likeness (QED) is 0.921. The first-order valence-electron chi connectivity index (χ1n) is 7.39. The van der Waals surface area contributed by atoms with E-state index in [4.69, 9.17) is 10.5 Å². The van der Waals surface area contributed by atoms with Crippen molar-refractivity contribution < 1.29 is 4.74 Å². The van der Waals surface area contributed by atoms with Crippen molar-refractivity contribution in [2.45, 2.75) is 54.5 Å². The van der Waals surface area contributed by atoms with Crippen molar-refractivity contribution in [2.75, 3.05) is 6.54 Å². The van der Waals surface area contributed by atoms with Gasteiger partial charge in [0, 0.05) is 22.1 Å². The molecule has 3 aliphatic rings. The van der Waals surface area contributed by atoms with Crippen LogP contribution in [0.5, 0.6) is 0 Å². The molecule has 4 unspecified atom stereocenters. The average molecular weight is 275 g/mol. The zero-order chi connectivity index (χ0) is 12.9. The molecule has 0 spiro atoms. The molecule has 3 aliphatic heterocycles. The van der Waals surface area contributed by atoms with Gasteiger partial charge in [-0.25, -0.2) is 0 Å². The molecule has 0 radical (unpaired) electrons. The summed E-state index contributed by atoms with van der Waals surface area (Å²) in [6, 6.07) is 8.83. The van der Waals surface area contributed by atoms with Crippen LogP contribution in [0.15, 0.2) is 29.2 Å². The van der Waals surface area contributed by atoms with E-state index in [0.717, 1.165) is 6.54 Å². The van der Waals surface area contributed by atoms with E-state index in [1.165, 1.54) is 42.6 Å². The number of ether oxygens (including phenoxy) is 1. The second kappa shape index (κ2) is 4.51. The molecule has 1 aromatic carbocycles. The first-order valence-corrected chi connectivity index (χ1v) is 8.27. The molecule has 0 aromatic heterocycles. The Hall–Kier alpha value is -0.510. The molecule has 3 heteroatoms. The highest BCUT2D eigenvalue weighted by atomic mass is 32.2. The van der Waals surface area contributed by atoms with Gasteiger partial charge in [0.1, 0.15) is 0 Å². The van der Waals surface area contributed by atoms with Crippen LogP contribution in [0.1, 0.15) is 31.2 Å².